The van der Waals surface area contributed by atoms with E-state index in [0.717, 1.165) is 78.7 Å². The molecule has 3 heterocycles. The van der Waals surface area contributed by atoms with Crippen LogP contribution >= 0.6 is 11.6 Å². The summed E-state index contributed by atoms with van der Waals surface area (Å²) < 4.78 is 12.6. The van der Waals surface area contributed by atoms with Crippen LogP contribution in [-0.2, 0) is 17.2 Å². The van der Waals surface area contributed by atoms with Crippen LogP contribution in [0.3, 0.4) is 0 Å². The predicted octanol–water partition coefficient (Wildman–Crippen LogP) is 4.11. The number of fused-ring (bicyclic) bond motifs is 1. The molecule has 1 saturated carbocycles. The van der Waals surface area contributed by atoms with E-state index < -0.39 is 10.8 Å². The molecule has 2 aromatic rings. The molecule has 5 rings (SSSR count). The van der Waals surface area contributed by atoms with Crippen LogP contribution in [-0.4, -0.2) is 45.3 Å². The van der Waals surface area contributed by atoms with Crippen molar-refractivity contribution in [3.05, 3.63) is 46.6 Å². The number of nitrogens with zero attached hydrogens (tertiary/aromatic N) is 2. The summed E-state index contributed by atoms with van der Waals surface area (Å²) in [6.45, 7) is 2.01. The number of aliphatic hydroxyl groups is 1. The quantitative estimate of drug-likeness (QED) is 0.725. The standard InChI is InChI=1S/C23H28ClN3O2S/c24-18-4-2-16(3-5-18)17-6-11-27(12-7-17)21-14-20(26-23(15-28)9-1-10-23)22-19(25-21)8-13-30(22)29/h2-5,14,17,28H,1,6-13,15H2,(H,25,26). The number of halogens is 1. The maximum atomic E-state index is 12.6. The van der Waals surface area contributed by atoms with Gasteiger partial charge in [0.1, 0.15) is 5.82 Å². The van der Waals surface area contributed by atoms with Crippen molar-refractivity contribution in [2.24, 2.45) is 0 Å². The molecular formula is C23H28ClN3O2S. The van der Waals surface area contributed by atoms with Gasteiger partial charge in [-0.15, -0.1) is 0 Å². The maximum absolute atomic E-state index is 12.6. The third-order valence-corrected chi connectivity index (χ3v) is 8.69. The van der Waals surface area contributed by atoms with Gasteiger partial charge < -0.3 is 15.3 Å². The monoisotopic (exact) mass is 445 g/mol. The molecular weight excluding hydrogens is 418 g/mol. The molecule has 0 amide bonds. The summed E-state index contributed by atoms with van der Waals surface area (Å²) in [6, 6.07) is 10.3. The second-order valence-corrected chi connectivity index (χ2v) is 10.8. The minimum absolute atomic E-state index is 0.110. The minimum atomic E-state index is -1.01. The van der Waals surface area contributed by atoms with Crippen molar-refractivity contribution in [1.29, 1.82) is 0 Å². The van der Waals surface area contributed by atoms with Gasteiger partial charge in [-0.1, -0.05) is 23.7 Å². The number of aryl methyl sites for hydroxylation is 1. The smallest absolute Gasteiger partial charge is 0.130 e. The third kappa shape index (κ3) is 3.74. The van der Waals surface area contributed by atoms with Crippen molar-refractivity contribution in [3.8, 4) is 0 Å². The lowest BCUT2D eigenvalue weighted by atomic mass is 9.77. The van der Waals surface area contributed by atoms with Crippen LogP contribution in [0, 0.1) is 0 Å². The summed E-state index contributed by atoms with van der Waals surface area (Å²) in [5.74, 6) is 2.16. The number of aromatic nitrogens is 1. The maximum Gasteiger partial charge on any atom is 0.130 e. The van der Waals surface area contributed by atoms with Gasteiger partial charge in [-0.3, -0.25) is 4.21 Å². The third-order valence-electron chi connectivity index (χ3n) is 6.96. The van der Waals surface area contributed by atoms with Gasteiger partial charge in [0.25, 0.3) is 0 Å². The first-order valence-corrected chi connectivity index (χ1v) is 12.6. The van der Waals surface area contributed by atoms with Gasteiger partial charge in [-0.2, -0.15) is 0 Å². The first-order valence-electron chi connectivity index (χ1n) is 10.9. The molecule has 1 aromatic carbocycles. The van der Waals surface area contributed by atoms with Crippen molar-refractivity contribution in [3.63, 3.8) is 0 Å². The minimum Gasteiger partial charge on any atom is -0.394 e. The fourth-order valence-corrected chi connectivity index (χ4v) is 6.40. The Bertz CT molecular complexity index is 948. The highest BCUT2D eigenvalue weighted by atomic mass is 35.5. The van der Waals surface area contributed by atoms with Crippen LogP contribution in [0.25, 0.3) is 0 Å². The number of hydrogen-bond acceptors (Lipinski definition) is 5. The Morgan fingerprint density at radius 2 is 1.97 bits per heavy atom. The average molecular weight is 446 g/mol. The van der Waals surface area contributed by atoms with Gasteiger partial charge in [0.15, 0.2) is 0 Å². The van der Waals surface area contributed by atoms with Crippen LogP contribution in [0.4, 0.5) is 11.5 Å². The number of benzene rings is 1. The van der Waals surface area contributed by atoms with E-state index in [1.54, 1.807) is 0 Å². The van der Waals surface area contributed by atoms with Crippen molar-refractivity contribution < 1.29 is 9.32 Å². The van der Waals surface area contributed by atoms with E-state index in [4.69, 9.17) is 16.6 Å². The Hall–Kier alpha value is -1.63. The van der Waals surface area contributed by atoms with Crippen LogP contribution in [0.2, 0.25) is 5.02 Å². The highest BCUT2D eigenvalue weighted by Crippen LogP contribution is 2.40. The number of nitrogens with one attached hydrogen (secondary N) is 1. The number of hydrogen-bond donors (Lipinski definition) is 2. The zero-order chi connectivity index (χ0) is 20.7. The number of aliphatic hydroxyl groups excluding tert-OH is 1. The number of piperidine rings is 1. The number of rotatable bonds is 5. The highest BCUT2D eigenvalue weighted by Gasteiger charge is 2.38. The van der Waals surface area contributed by atoms with Gasteiger partial charge in [-0.05, 0) is 55.7 Å². The Morgan fingerprint density at radius 1 is 1.23 bits per heavy atom. The molecule has 0 spiro atoms. The van der Waals surface area contributed by atoms with Crippen LogP contribution in [0.1, 0.15) is 49.3 Å². The van der Waals surface area contributed by atoms with Crippen molar-refractivity contribution in [2.75, 3.05) is 35.7 Å². The molecule has 1 saturated heterocycles. The lowest BCUT2D eigenvalue weighted by molar-refractivity contribution is 0.144. The molecule has 160 valence electrons. The van der Waals surface area contributed by atoms with Gasteiger partial charge in [0, 0.05) is 36.4 Å². The molecule has 3 aliphatic rings. The van der Waals surface area contributed by atoms with Crippen molar-refractivity contribution in [2.45, 2.75) is 54.9 Å². The van der Waals surface area contributed by atoms with E-state index in [-0.39, 0.29) is 12.1 Å². The lowest BCUT2D eigenvalue weighted by Crippen LogP contribution is -2.48. The zero-order valence-corrected chi connectivity index (χ0v) is 18.6. The summed E-state index contributed by atoms with van der Waals surface area (Å²) in [5.41, 5.74) is 2.97. The summed E-state index contributed by atoms with van der Waals surface area (Å²) in [4.78, 5) is 8.12. The first-order chi connectivity index (χ1) is 14.6. The summed E-state index contributed by atoms with van der Waals surface area (Å²) in [5, 5.41) is 14.3. The molecule has 1 unspecified atom stereocenters. The van der Waals surface area contributed by atoms with Crippen LogP contribution < -0.4 is 10.2 Å². The number of pyridine rings is 1. The molecule has 7 heteroatoms. The average Bonchev–Trinajstić information content (AvgIpc) is 3.12. The van der Waals surface area contributed by atoms with Gasteiger partial charge in [0.2, 0.25) is 0 Å². The normalized spacial score (nSPS) is 23.1. The summed E-state index contributed by atoms with van der Waals surface area (Å²) >= 11 is 6.04. The molecule has 2 fully saturated rings. The molecule has 1 atom stereocenters. The van der Waals surface area contributed by atoms with Crippen molar-refractivity contribution >= 4 is 33.9 Å². The van der Waals surface area contributed by atoms with E-state index in [1.807, 2.05) is 12.1 Å². The Balaban J connectivity index is 1.37. The summed E-state index contributed by atoms with van der Waals surface area (Å²) in [6.07, 6.45) is 5.95. The molecule has 1 aliphatic carbocycles. The molecule has 30 heavy (non-hydrogen) atoms. The fraction of sp³-hybridized carbons (Fsp3) is 0.522. The number of anilines is 2. The van der Waals surface area contributed by atoms with Gasteiger partial charge in [0.05, 0.1) is 39.2 Å². The Labute approximate surface area is 185 Å². The first kappa shape index (κ1) is 20.3. The highest BCUT2D eigenvalue weighted by molar-refractivity contribution is 7.85. The second-order valence-electron chi connectivity index (χ2n) is 8.83. The van der Waals surface area contributed by atoms with Gasteiger partial charge in [-0.25, -0.2) is 4.98 Å². The van der Waals surface area contributed by atoms with E-state index in [0.29, 0.717) is 11.7 Å². The molecule has 2 aliphatic heterocycles. The van der Waals surface area contributed by atoms with Crippen LogP contribution in [0.5, 0.6) is 0 Å². The summed E-state index contributed by atoms with van der Waals surface area (Å²) in [7, 11) is -1.01. The van der Waals surface area contributed by atoms with Gasteiger partial charge >= 0.3 is 0 Å². The van der Waals surface area contributed by atoms with E-state index in [2.05, 4.69) is 28.4 Å². The topological polar surface area (TPSA) is 65.5 Å². The largest absolute Gasteiger partial charge is 0.394 e. The predicted molar refractivity (Wildman–Crippen MR) is 122 cm³/mol. The fourth-order valence-electron chi connectivity index (χ4n) is 4.93. The van der Waals surface area contributed by atoms with Crippen LogP contribution in [0.15, 0.2) is 35.2 Å². The Morgan fingerprint density at radius 3 is 2.60 bits per heavy atom. The lowest BCUT2D eigenvalue weighted by Gasteiger charge is -2.42. The molecule has 1 aromatic heterocycles. The second kappa shape index (κ2) is 8.13. The Kier molecular flexibility index (Phi) is 5.50. The molecule has 5 nitrogen and oxygen atoms in total. The van der Waals surface area contributed by atoms with E-state index in [9.17, 15) is 9.32 Å². The zero-order valence-electron chi connectivity index (χ0n) is 17.1. The SMILES string of the molecule is O=S1CCc2nc(N3CCC(c4ccc(Cl)cc4)CC3)cc(NC3(CO)CCC3)c21. The molecule has 0 bridgehead atoms. The van der Waals surface area contributed by atoms with E-state index >= 15 is 0 Å². The van der Waals surface area contributed by atoms with E-state index in [1.165, 1.54) is 5.56 Å². The van der Waals surface area contributed by atoms with Crippen molar-refractivity contribution in [1.82, 2.24) is 4.98 Å². The molecule has 0 radical (unpaired) electrons. The molecule has 2 N–H and O–H groups in total.